The van der Waals surface area contributed by atoms with Gasteiger partial charge in [0.2, 0.25) is 5.91 Å². The number of rotatable bonds is 10. The molecule has 1 fully saturated rings. The predicted octanol–water partition coefficient (Wildman–Crippen LogP) is 4.17. The van der Waals surface area contributed by atoms with Crippen LogP contribution >= 0.6 is 0 Å². The van der Waals surface area contributed by atoms with Gasteiger partial charge in [-0.25, -0.2) is 0 Å². The van der Waals surface area contributed by atoms with Crippen molar-refractivity contribution >= 4 is 23.8 Å². The number of ether oxygens (including phenoxy) is 2. The van der Waals surface area contributed by atoms with Crippen molar-refractivity contribution in [3.63, 3.8) is 0 Å². The molecule has 4 N–H and O–H groups in total. The van der Waals surface area contributed by atoms with Crippen LogP contribution < -0.4 is 15.8 Å². The first kappa shape index (κ1) is 24.7. The topological polar surface area (TPSA) is 115 Å². The van der Waals surface area contributed by atoms with Crippen molar-refractivity contribution in [2.24, 2.45) is 11.7 Å². The molecule has 0 aromatic heterocycles. The van der Waals surface area contributed by atoms with Crippen LogP contribution in [0.25, 0.3) is 17.2 Å². The first-order valence-corrected chi connectivity index (χ1v) is 11.8. The Morgan fingerprint density at radius 2 is 1.67 bits per heavy atom. The minimum Gasteiger partial charge on any atom is -0.491 e. The van der Waals surface area contributed by atoms with Gasteiger partial charge >= 0.3 is 5.97 Å². The number of hydrogen-bond donors (Lipinski definition) is 3. The molecule has 2 atom stereocenters. The summed E-state index contributed by atoms with van der Waals surface area (Å²) in [5.41, 5.74) is 9.25. The lowest BCUT2D eigenvalue weighted by molar-refractivity contribution is -0.145. The molecule has 0 saturated carbocycles. The molecule has 0 unspecified atom stereocenters. The fourth-order valence-corrected chi connectivity index (χ4v) is 4.05. The molecule has 184 valence electrons. The minimum absolute atomic E-state index is 0.0411. The number of amidine groups is 1. The maximum absolute atomic E-state index is 12.3. The Morgan fingerprint density at radius 3 is 2.33 bits per heavy atom. The molecule has 1 amide bonds. The number of nitrogens with one attached hydrogen (secondary N) is 2. The van der Waals surface area contributed by atoms with E-state index in [1.165, 1.54) is 0 Å². The zero-order chi connectivity index (χ0) is 25.3. The van der Waals surface area contributed by atoms with Gasteiger partial charge in [-0.2, -0.15) is 0 Å². The predicted molar refractivity (Wildman–Crippen MR) is 139 cm³/mol. The molecule has 0 radical (unpaired) electrons. The van der Waals surface area contributed by atoms with E-state index in [-0.39, 0.29) is 36.8 Å². The summed E-state index contributed by atoms with van der Waals surface area (Å²) in [6.45, 7) is 0.495. The highest BCUT2D eigenvalue weighted by Crippen LogP contribution is 2.24. The van der Waals surface area contributed by atoms with Gasteiger partial charge in [-0.15, -0.1) is 0 Å². The number of nitrogen functional groups attached to an aromatic ring is 1. The van der Waals surface area contributed by atoms with E-state index in [4.69, 9.17) is 20.6 Å². The van der Waals surface area contributed by atoms with Gasteiger partial charge in [-0.1, -0.05) is 72.8 Å². The molecule has 1 aliphatic heterocycles. The highest BCUT2D eigenvalue weighted by Gasteiger charge is 2.34. The van der Waals surface area contributed by atoms with Crippen LogP contribution in [0.5, 0.6) is 5.75 Å². The van der Waals surface area contributed by atoms with Crippen molar-refractivity contribution in [1.82, 2.24) is 5.32 Å². The lowest BCUT2D eigenvalue weighted by Crippen LogP contribution is -2.31. The Kier molecular flexibility index (Phi) is 8.13. The van der Waals surface area contributed by atoms with Crippen LogP contribution in [0.3, 0.4) is 0 Å². The van der Waals surface area contributed by atoms with Crippen LogP contribution in [-0.2, 0) is 14.3 Å². The van der Waals surface area contributed by atoms with Gasteiger partial charge in [0, 0.05) is 5.56 Å². The van der Waals surface area contributed by atoms with Crippen LogP contribution in [0.1, 0.15) is 24.0 Å². The van der Waals surface area contributed by atoms with Gasteiger partial charge in [0.15, 0.2) is 0 Å². The average Bonchev–Trinajstić information content (AvgIpc) is 3.25. The summed E-state index contributed by atoms with van der Waals surface area (Å²) in [5.74, 6) is -0.212. The summed E-state index contributed by atoms with van der Waals surface area (Å²) in [4.78, 5) is 24.5. The second kappa shape index (κ2) is 11.8. The Hall–Kier alpha value is -4.39. The van der Waals surface area contributed by atoms with Gasteiger partial charge in [0.1, 0.15) is 24.8 Å². The molecule has 4 rings (SSSR count). The highest BCUT2D eigenvalue weighted by molar-refractivity contribution is 5.95. The highest BCUT2D eigenvalue weighted by atomic mass is 16.5. The van der Waals surface area contributed by atoms with Crippen molar-refractivity contribution in [1.29, 1.82) is 5.41 Å². The second-order valence-electron chi connectivity index (χ2n) is 8.66. The van der Waals surface area contributed by atoms with E-state index in [1.807, 2.05) is 84.9 Å². The zero-order valence-corrected chi connectivity index (χ0v) is 19.9. The molecule has 7 nitrogen and oxygen atoms in total. The maximum atomic E-state index is 12.3. The fraction of sp³-hybridized carbons (Fsp3) is 0.207. The molecule has 0 aliphatic carbocycles. The number of nitrogens with two attached hydrogens (primary N) is 1. The van der Waals surface area contributed by atoms with E-state index in [2.05, 4.69) is 5.32 Å². The number of benzene rings is 3. The van der Waals surface area contributed by atoms with E-state index in [0.29, 0.717) is 24.3 Å². The van der Waals surface area contributed by atoms with Crippen LogP contribution in [0, 0.1) is 11.3 Å². The molecule has 3 aromatic carbocycles. The van der Waals surface area contributed by atoms with E-state index in [0.717, 1.165) is 16.7 Å². The number of carbonyl (C=O) groups excluding carboxylic acids is 2. The fourth-order valence-electron chi connectivity index (χ4n) is 4.05. The Balaban J connectivity index is 1.20. The van der Waals surface area contributed by atoms with Crippen molar-refractivity contribution in [2.75, 3.05) is 13.2 Å². The second-order valence-corrected chi connectivity index (χ2v) is 8.66. The minimum atomic E-state index is -0.412. The molecule has 36 heavy (non-hydrogen) atoms. The number of amides is 1. The smallest absolute Gasteiger partial charge is 0.306 e. The normalized spacial score (nSPS) is 17.1. The van der Waals surface area contributed by atoms with Gasteiger partial charge in [-0.05, 0) is 41.3 Å². The lowest BCUT2D eigenvalue weighted by Gasteiger charge is -2.12. The van der Waals surface area contributed by atoms with Crippen molar-refractivity contribution in [3.8, 4) is 16.9 Å². The Labute approximate surface area is 210 Å². The molecule has 3 aromatic rings. The van der Waals surface area contributed by atoms with Crippen LogP contribution in [0.15, 0.2) is 84.9 Å². The van der Waals surface area contributed by atoms with Crippen molar-refractivity contribution in [2.45, 2.75) is 18.9 Å². The van der Waals surface area contributed by atoms with E-state index >= 15 is 0 Å². The Morgan fingerprint density at radius 1 is 1.00 bits per heavy atom. The SMILES string of the molecule is N=C(N)c1ccc(-c2ccc(OC[C@@H]3C[C@@H](CC(=O)OC/C=C/c4ccccc4)C(=O)N3)cc2)cc1. The molecular weight excluding hydrogens is 454 g/mol. The quantitative estimate of drug-likeness (QED) is 0.228. The summed E-state index contributed by atoms with van der Waals surface area (Å²) >= 11 is 0. The number of hydrogen-bond acceptors (Lipinski definition) is 5. The first-order chi connectivity index (χ1) is 17.5. The van der Waals surface area contributed by atoms with E-state index < -0.39 is 5.92 Å². The molecule has 7 heteroatoms. The molecule has 0 spiro atoms. The average molecular weight is 484 g/mol. The van der Waals surface area contributed by atoms with Crippen LogP contribution in [-0.4, -0.2) is 37.0 Å². The zero-order valence-electron chi connectivity index (χ0n) is 19.9. The summed E-state index contributed by atoms with van der Waals surface area (Å²) in [7, 11) is 0. The maximum Gasteiger partial charge on any atom is 0.306 e. The standard InChI is InChI=1S/C29H29N3O4/c30-28(31)23-10-8-21(9-11-23)22-12-14-26(15-13-22)36-19-25-17-24(29(34)32-25)18-27(33)35-16-4-7-20-5-2-1-3-6-20/h1-15,24-25H,16-19H2,(H3,30,31)(H,32,34)/b7-4+/t24-,25-/m0/s1. The van der Waals surface area contributed by atoms with Gasteiger partial charge in [0.25, 0.3) is 0 Å². The van der Waals surface area contributed by atoms with Gasteiger partial charge in [-0.3, -0.25) is 15.0 Å². The summed E-state index contributed by atoms with van der Waals surface area (Å²) < 4.78 is 11.1. The Bertz CT molecular complexity index is 1220. The lowest BCUT2D eigenvalue weighted by atomic mass is 10.0. The molecule has 1 saturated heterocycles. The summed E-state index contributed by atoms with van der Waals surface area (Å²) in [6, 6.07) is 24.7. The third-order valence-electron chi connectivity index (χ3n) is 5.98. The molecular formula is C29H29N3O4. The van der Waals surface area contributed by atoms with E-state index in [1.54, 1.807) is 6.08 Å². The van der Waals surface area contributed by atoms with Crippen LogP contribution in [0.4, 0.5) is 0 Å². The van der Waals surface area contributed by atoms with Crippen molar-refractivity contribution in [3.05, 3.63) is 96.1 Å². The van der Waals surface area contributed by atoms with Crippen LogP contribution in [0.2, 0.25) is 0 Å². The molecule has 1 aliphatic rings. The first-order valence-electron chi connectivity index (χ1n) is 11.8. The summed E-state index contributed by atoms with van der Waals surface area (Å²) in [5, 5.41) is 10.4. The monoisotopic (exact) mass is 483 g/mol. The van der Waals surface area contributed by atoms with Gasteiger partial charge in [0.05, 0.1) is 18.4 Å². The largest absolute Gasteiger partial charge is 0.491 e. The van der Waals surface area contributed by atoms with E-state index in [9.17, 15) is 9.59 Å². The van der Waals surface area contributed by atoms with Gasteiger partial charge < -0.3 is 20.5 Å². The molecule has 1 heterocycles. The third kappa shape index (κ3) is 6.82. The number of esters is 1. The molecule has 0 bridgehead atoms. The third-order valence-corrected chi connectivity index (χ3v) is 5.98. The number of carbonyl (C=O) groups is 2. The summed E-state index contributed by atoms with van der Waals surface area (Å²) in [6.07, 6.45) is 4.25. The van der Waals surface area contributed by atoms with Crippen molar-refractivity contribution < 1.29 is 19.1 Å².